The van der Waals surface area contributed by atoms with Gasteiger partial charge in [-0.1, -0.05) is 25.6 Å². The van der Waals surface area contributed by atoms with Gasteiger partial charge in [0.25, 0.3) is 0 Å². The number of benzene rings is 1. The molecule has 1 aromatic carbocycles. The van der Waals surface area contributed by atoms with Crippen LogP contribution >= 0.6 is 0 Å². The molecule has 0 amide bonds. The largest absolute Gasteiger partial charge is 0.463 e. The smallest absolute Gasteiger partial charge is 0.432 e. The normalized spacial score (nSPS) is 11.2. The molecule has 5 heteroatoms. The van der Waals surface area contributed by atoms with Crippen LogP contribution in [0.15, 0.2) is 18.2 Å². The summed E-state index contributed by atoms with van der Waals surface area (Å²) in [5.41, 5.74) is 5.51. The highest BCUT2D eigenvalue weighted by Gasteiger charge is 2.12. The predicted octanol–water partition coefficient (Wildman–Crippen LogP) is 3.10. The van der Waals surface area contributed by atoms with Crippen LogP contribution in [0.25, 0.3) is 10.9 Å². The van der Waals surface area contributed by atoms with Crippen molar-refractivity contribution in [1.82, 2.24) is 9.78 Å². The molecule has 0 bridgehead atoms. The third-order valence-electron chi connectivity index (χ3n) is 2.63. The lowest BCUT2D eigenvalue weighted by Crippen LogP contribution is -2.16. The highest BCUT2D eigenvalue weighted by molar-refractivity contribution is 6.83. The van der Waals surface area contributed by atoms with Gasteiger partial charge in [0.05, 0.1) is 11.2 Å². The molecule has 2 aromatic rings. The van der Waals surface area contributed by atoms with E-state index in [-0.39, 0.29) is 0 Å². The number of carboxylic acid groups (broad SMARTS) is 1. The van der Waals surface area contributed by atoms with Gasteiger partial charge in [-0.3, -0.25) is 0 Å². The number of rotatable bonds is 0. The third kappa shape index (κ3) is 2.85. The molecular weight excluding hydrogens is 256 g/mol. The molecule has 1 aromatic heterocycles. The van der Waals surface area contributed by atoms with Crippen molar-refractivity contribution in [2.45, 2.75) is 26.6 Å². The van der Waals surface area contributed by atoms with Gasteiger partial charge in [-0.05, 0) is 25.1 Å². The minimum absolute atomic E-state index is 0.601. The van der Waals surface area contributed by atoms with Crippen LogP contribution in [0.4, 0.5) is 4.79 Å². The molecule has 98 valence electrons. The van der Waals surface area contributed by atoms with Gasteiger partial charge in [-0.25, -0.2) is 4.79 Å². The molecule has 0 unspecified atom stereocenters. The van der Waals surface area contributed by atoms with Gasteiger partial charge in [0.15, 0.2) is 0 Å². The molecule has 1 heterocycles. The van der Waals surface area contributed by atoms with Crippen molar-refractivity contribution in [3.05, 3.63) is 29.5 Å². The molecular formula is C14H16N2O2Si. The summed E-state index contributed by atoms with van der Waals surface area (Å²) in [6, 6.07) is 5.51. The Kier molecular flexibility index (Phi) is 3.21. The Morgan fingerprint density at radius 1 is 1.37 bits per heavy atom. The summed E-state index contributed by atoms with van der Waals surface area (Å²) < 4.78 is 1.00. The summed E-state index contributed by atoms with van der Waals surface area (Å²) in [6.07, 6.45) is -1.07. The maximum absolute atomic E-state index is 11.0. The van der Waals surface area contributed by atoms with Crippen LogP contribution in [-0.4, -0.2) is 29.1 Å². The fraction of sp³-hybridized carbons (Fsp3) is 0.286. The van der Waals surface area contributed by atoms with E-state index in [1.165, 1.54) is 0 Å². The van der Waals surface area contributed by atoms with Gasteiger partial charge < -0.3 is 5.11 Å². The first-order chi connectivity index (χ1) is 8.78. The Balaban J connectivity index is 2.55. The zero-order chi connectivity index (χ0) is 14.2. The Morgan fingerprint density at radius 2 is 2.05 bits per heavy atom. The lowest BCUT2D eigenvalue weighted by atomic mass is 10.1. The zero-order valence-corrected chi connectivity index (χ0v) is 12.5. The Hall–Kier alpha value is -2.06. The van der Waals surface area contributed by atoms with Gasteiger partial charge in [0.1, 0.15) is 8.07 Å². The molecule has 0 atom stereocenters. The standard InChI is InChI=1S/C14H16N2O2Si/c1-10-12-9-11(7-8-19(2,3)4)5-6-13(12)16(15-10)14(17)18/h5-6,9H,1-4H3,(H,17,18). The second-order valence-electron chi connectivity index (χ2n) is 5.51. The van der Waals surface area contributed by atoms with Gasteiger partial charge in [0.2, 0.25) is 0 Å². The molecule has 0 aliphatic heterocycles. The average Bonchev–Trinajstić information content (AvgIpc) is 2.63. The summed E-state index contributed by atoms with van der Waals surface area (Å²) >= 11 is 0. The lowest BCUT2D eigenvalue weighted by Gasteiger charge is -2.03. The van der Waals surface area contributed by atoms with E-state index in [1.54, 1.807) is 13.0 Å². The number of carbonyl (C=O) groups is 1. The Morgan fingerprint density at radius 3 is 2.63 bits per heavy atom. The third-order valence-corrected chi connectivity index (χ3v) is 3.50. The molecule has 0 saturated heterocycles. The molecule has 1 N–H and O–H groups in total. The van der Waals surface area contributed by atoms with E-state index in [0.29, 0.717) is 11.2 Å². The summed E-state index contributed by atoms with van der Waals surface area (Å²) in [5.74, 6) is 3.17. The first-order valence-corrected chi connectivity index (χ1v) is 9.54. The molecule has 0 spiro atoms. The van der Waals surface area contributed by atoms with Crippen LogP contribution in [0.5, 0.6) is 0 Å². The number of hydrogen-bond acceptors (Lipinski definition) is 2. The molecule has 0 aliphatic carbocycles. The first kappa shape index (κ1) is 13.4. The van der Waals surface area contributed by atoms with Crippen LogP contribution in [0, 0.1) is 18.4 Å². The van der Waals surface area contributed by atoms with Crippen LogP contribution in [0.1, 0.15) is 11.3 Å². The Labute approximate surface area is 113 Å². The molecule has 0 aliphatic rings. The maximum atomic E-state index is 11.0. The second kappa shape index (κ2) is 4.56. The monoisotopic (exact) mass is 272 g/mol. The molecule has 0 fully saturated rings. The highest BCUT2D eigenvalue weighted by Crippen LogP contribution is 2.19. The topological polar surface area (TPSA) is 55.1 Å². The van der Waals surface area contributed by atoms with E-state index in [0.717, 1.165) is 15.6 Å². The van der Waals surface area contributed by atoms with Crippen molar-refractivity contribution in [3.63, 3.8) is 0 Å². The van der Waals surface area contributed by atoms with E-state index in [1.807, 2.05) is 12.1 Å². The minimum atomic E-state index is -1.41. The van der Waals surface area contributed by atoms with Crippen molar-refractivity contribution >= 4 is 25.1 Å². The van der Waals surface area contributed by atoms with Crippen LogP contribution in [0.2, 0.25) is 19.6 Å². The molecule has 2 rings (SSSR count). The van der Waals surface area contributed by atoms with Crippen molar-refractivity contribution < 1.29 is 9.90 Å². The average molecular weight is 272 g/mol. The predicted molar refractivity (Wildman–Crippen MR) is 78.1 cm³/mol. The molecule has 0 saturated carbocycles. The Bertz CT molecular complexity index is 715. The van der Waals surface area contributed by atoms with Crippen molar-refractivity contribution in [1.29, 1.82) is 0 Å². The second-order valence-corrected chi connectivity index (χ2v) is 10.3. The number of nitrogens with zero attached hydrogens (tertiary/aromatic N) is 2. The number of hydrogen-bond donors (Lipinski definition) is 1. The van der Waals surface area contributed by atoms with Crippen LogP contribution < -0.4 is 0 Å². The summed E-state index contributed by atoms with van der Waals surface area (Å²) in [5, 5.41) is 13.9. The summed E-state index contributed by atoms with van der Waals surface area (Å²) in [6.45, 7) is 8.36. The van der Waals surface area contributed by atoms with Gasteiger partial charge in [0, 0.05) is 10.9 Å². The van der Waals surface area contributed by atoms with Crippen LogP contribution in [0.3, 0.4) is 0 Å². The van der Waals surface area contributed by atoms with E-state index in [4.69, 9.17) is 5.11 Å². The maximum Gasteiger partial charge on any atom is 0.432 e. The number of aromatic nitrogens is 2. The zero-order valence-electron chi connectivity index (χ0n) is 11.5. The van der Waals surface area contributed by atoms with Crippen molar-refractivity contribution in [2.24, 2.45) is 0 Å². The molecule has 0 radical (unpaired) electrons. The van der Waals surface area contributed by atoms with E-state index in [2.05, 4.69) is 36.2 Å². The molecule has 4 nitrogen and oxygen atoms in total. The first-order valence-electron chi connectivity index (χ1n) is 6.04. The van der Waals surface area contributed by atoms with Gasteiger partial charge in [-0.15, -0.1) is 5.54 Å². The SMILES string of the molecule is Cc1nn(C(=O)O)c2ccc(C#C[Si](C)(C)C)cc12. The van der Waals surface area contributed by atoms with Crippen molar-refractivity contribution in [3.8, 4) is 11.5 Å². The van der Waals surface area contributed by atoms with E-state index < -0.39 is 14.2 Å². The summed E-state index contributed by atoms with van der Waals surface area (Å²) in [4.78, 5) is 11.0. The summed E-state index contributed by atoms with van der Waals surface area (Å²) in [7, 11) is -1.41. The van der Waals surface area contributed by atoms with Crippen LogP contribution in [-0.2, 0) is 0 Å². The van der Waals surface area contributed by atoms with Crippen molar-refractivity contribution in [2.75, 3.05) is 0 Å². The number of aryl methyl sites for hydroxylation is 1. The van der Waals surface area contributed by atoms with Gasteiger partial charge >= 0.3 is 6.09 Å². The fourth-order valence-corrected chi connectivity index (χ4v) is 2.27. The molecule has 19 heavy (non-hydrogen) atoms. The quantitative estimate of drug-likeness (QED) is 0.592. The fourth-order valence-electron chi connectivity index (χ4n) is 1.75. The lowest BCUT2D eigenvalue weighted by molar-refractivity contribution is 0.194. The minimum Gasteiger partial charge on any atom is -0.463 e. The van der Waals surface area contributed by atoms with E-state index in [9.17, 15) is 4.79 Å². The number of fused-ring (bicyclic) bond motifs is 1. The van der Waals surface area contributed by atoms with E-state index >= 15 is 0 Å². The van der Waals surface area contributed by atoms with Gasteiger partial charge in [-0.2, -0.15) is 9.78 Å². The highest BCUT2D eigenvalue weighted by atomic mass is 28.3.